The number of aryl methyl sites for hydroxylation is 1. The molecule has 0 aliphatic heterocycles. The van der Waals surface area contributed by atoms with Gasteiger partial charge in [-0.25, -0.2) is 4.39 Å². The zero-order chi connectivity index (χ0) is 14.7. The van der Waals surface area contributed by atoms with Crippen molar-refractivity contribution in [3.05, 3.63) is 70.0 Å². The first-order chi connectivity index (χ1) is 9.52. The summed E-state index contributed by atoms with van der Waals surface area (Å²) in [6, 6.07) is 12.5. The monoisotopic (exact) mass is 287 g/mol. The molecule has 1 atom stereocenters. The molecule has 0 bridgehead atoms. The standard InChI is InChI=1S/C16H11ClFNO/c1-10-8-13(18)6-7-14(10)16(20)15(9-19)11-2-4-12(17)5-3-11/h2-8,15H,1H3. The zero-order valence-electron chi connectivity index (χ0n) is 10.7. The molecule has 0 aliphatic rings. The summed E-state index contributed by atoms with van der Waals surface area (Å²) in [7, 11) is 0. The van der Waals surface area contributed by atoms with E-state index in [-0.39, 0.29) is 5.78 Å². The SMILES string of the molecule is Cc1cc(F)ccc1C(=O)C(C#N)c1ccc(Cl)cc1. The summed E-state index contributed by atoms with van der Waals surface area (Å²) < 4.78 is 13.1. The lowest BCUT2D eigenvalue weighted by molar-refractivity contribution is 0.0978. The van der Waals surface area contributed by atoms with E-state index in [1.807, 2.05) is 6.07 Å². The molecule has 0 spiro atoms. The molecule has 2 aromatic carbocycles. The molecule has 0 aliphatic carbocycles. The number of halogens is 2. The quantitative estimate of drug-likeness (QED) is 0.791. The van der Waals surface area contributed by atoms with Crippen LogP contribution in [0.3, 0.4) is 0 Å². The van der Waals surface area contributed by atoms with Crippen LogP contribution >= 0.6 is 11.6 Å². The Bertz CT molecular complexity index is 689. The van der Waals surface area contributed by atoms with Crippen LogP contribution in [0.5, 0.6) is 0 Å². The predicted octanol–water partition coefficient (Wildman–Crippen LogP) is 4.28. The van der Waals surface area contributed by atoms with Gasteiger partial charge < -0.3 is 0 Å². The van der Waals surface area contributed by atoms with Crippen molar-refractivity contribution in [2.45, 2.75) is 12.8 Å². The van der Waals surface area contributed by atoms with E-state index >= 15 is 0 Å². The minimum atomic E-state index is -0.920. The van der Waals surface area contributed by atoms with Crippen molar-refractivity contribution in [1.29, 1.82) is 5.26 Å². The topological polar surface area (TPSA) is 40.9 Å². The lowest BCUT2D eigenvalue weighted by Crippen LogP contribution is -2.12. The molecular weight excluding hydrogens is 277 g/mol. The van der Waals surface area contributed by atoms with Gasteiger partial charge in [0, 0.05) is 10.6 Å². The summed E-state index contributed by atoms with van der Waals surface area (Å²) in [5, 5.41) is 9.79. The maximum atomic E-state index is 13.1. The van der Waals surface area contributed by atoms with E-state index in [9.17, 15) is 14.4 Å². The smallest absolute Gasteiger partial charge is 0.184 e. The number of ketones is 1. The summed E-state index contributed by atoms with van der Waals surface area (Å²) in [6.45, 7) is 1.65. The van der Waals surface area contributed by atoms with Crippen LogP contribution in [0.25, 0.3) is 0 Å². The van der Waals surface area contributed by atoms with Gasteiger partial charge >= 0.3 is 0 Å². The summed E-state index contributed by atoms with van der Waals surface area (Å²) in [6.07, 6.45) is 0. The lowest BCUT2D eigenvalue weighted by Gasteiger charge is -2.11. The van der Waals surface area contributed by atoms with E-state index in [0.29, 0.717) is 21.7 Å². The average Bonchev–Trinajstić information content (AvgIpc) is 2.41. The number of carbonyl (C=O) groups is 1. The van der Waals surface area contributed by atoms with Gasteiger partial charge in [0.25, 0.3) is 0 Å². The second-order valence-corrected chi connectivity index (χ2v) is 4.87. The number of nitriles is 1. The first-order valence-electron chi connectivity index (χ1n) is 5.98. The van der Waals surface area contributed by atoms with Crippen molar-refractivity contribution in [1.82, 2.24) is 0 Å². The molecule has 0 saturated heterocycles. The number of carbonyl (C=O) groups excluding carboxylic acids is 1. The molecule has 0 fully saturated rings. The fourth-order valence-corrected chi connectivity index (χ4v) is 2.12. The third kappa shape index (κ3) is 2.87. The average molecular weight is 288 g/mol. The van der Waals surface area contributed by atoms with Crippen LogP contribution in [0.1, 0.15) is 27.4 Å². The normalized spacial score (nSPS) is 11.7. The molecule has 0 radical (unpaired) electrons. The van der Waals surface area contributed by atoms with Gasteiger partial charge in [-0.1, -0.05) is 23.7 Å². The van der Waals surface area contributed by atoms with Gasteiger partial charge in [0.05, 0.1) is 6.07 Å². The predicted molar refractivity (Wildman–Crippen MR) is 75.3 cm³/mol. The van der Waals surface area contributed by atoms with Crippen molar-refractivity contribution >= 4 is 17.4 Å². The molecule has 2 aromatic rings. The summed E-state index contributed by atoms with van der Waals surface area (Å²) in [5.74, 6) is -1.66. The molecule has 0 heterocycles. The highest BCUT2D eigenvalue weighted by atomic mass is 35.5. The summed E-state index contributed by atoms with van der Waals surface area (Å²) in [4.78, 5) is 12.4. The number of rotatable bonds is 3. The molecule has 2 nitrogen and oxygen atoms in total. The summed E-state index contributed by atoms with van der Waals surface area (Å²) in [5.41, 5.74) is 1.45. The third-order valence-electron chi connectivity index (χ3n) is 3.05. The minimum Gasteiger partial charge on any atom is -0.292 e. The van der Waals surface area contributed by atoms with E-state index in [2.05, 4.69) is 0 Å². The van der Waals surface area contributed by atoms with Crippen LogP contribution in [-0.2, 0) is 0 Å². The van der Waals surface area contributed by atoms with Crippen LogP contribution in [0.4, 0.5) is 4.39 Å². The third-order valence-corrected chi connectivity index (χ3v) is 3.30. The summed E-state index contributed by atoms with van der Waals surface area (Å²) >= 11 is 5.79. The maximum absolute atomic E-state index is 13.1. The molecule has 20 heavy (non-hydrogen) atoms. The fraction of sp³-hybridized carbons (Fsp3) is 0.125. The lowest BCUT2D eigenvalue weighted by atomic mass is 9.90. The molecule has 100 valence electrons. The van der Waals surface area contributed by atoms with Crippen molar-refractivity contribution in [2.24, 2.45) is 0 Å². The van der Waals surface area contributed by atoms with Crippen LogP contribution in [0.15, 0.2) is 42.5 Å². The number of hydrogen-bond acceptors (Lipinski definition) is 2. The van der Waals surface area contributed by atoms with Gasteiger partial charge in [-0.15, -0.1) is 0 Å². The molecular formula is C16H11ClFNO. The van der Waals surface area contributed by atoms with E-state index in [1.165, 1.54) is 18.2 Å². The van der Waals surface area contributed by atoms with E-state index < -0.39 is 11.7 Å². The Balaban J connectivity index is 2.39. The van der Waals surface area contributed by atoms with Gasteiger partial charge in [0.2, 0.25) is 0 Å². The van der Waals surface area contributed by atoms with Crippen LogP contribution in [0.2, 0.25) is 5.02 Å². The number of hydrogen-bond donors (Lipinski definition) is 0. The molecule has 4 heteroatoms. The Hall–Kier alpha value is -2.18. The van der Waals surface area contributed by atoms with Gasteiger partial charge in [0.1, 0.15) is 11.7 Å². The van der Waals surface area contributed by atoms with Gasteiger partial charge in [0.15, 0.2) is 5.78 Å². The van der Waals surface area contributed by atoms with Gasteiger partial charge in [-0.3, -0.25) is 4.79 Å². The van der Waals surface area contributed by atoms with E-state index in [1.54, 1.807) is 31.2 Å². The van der Waals surface area contributed by atoms with Crippen molar-refractivity contribution in [3.63, 3.8) is 0 Å². The highest BCUT2D eigenvalue weighted by Crippen LogP contribution is 2.24. The van der Waals surface area contributed by atoms with Crippen LogP contribution in [-0.4, -0.2) is 5.78 Å². The number of Topliss-reactive ketones (excluding diaryl/α,β-unsaturated/α-hetero) is 1. The molecule has 0 amide bonds. The van der Waals surface area contributed by atoms with Crippen molar-refractivity contribution < 1.29 is 9.18 Å². The van der Waals surface area contributed by atoms with Gasteiger partial charge in [-0.2, -0.15) is 5.26 Å². The van der Waals surface area contributed by atoms with Crippen molar-refractivity contribution in [3.8, 4) is 6.07 Å². The first kappa shape index (κ1) is 14.2. The first-order valence-corrected chi connectivity index (χ1v) is 6.36. The maximum Gasteiger partial charge on any atom is 0.184 e. The molecule has 0 aromatic heterocycles. The van der Waals surface area contributed by atoms with Crippen molar-refractivity contribution in [2.75, 3.05) is 0 Å². The Labute approximate surface area is 121 Å². The van der Waals surface area contributed by atoms with Crippen LogP contribution < -0.4 is 0 Å². The van der Waals surface area contributed by atoms with E-state index in [0.717, 1.165) is 0 Å². The Morgan fingerprint density at radius 2 is 1.90 bits per heavy atom. The molecule has 1 unspecified atom stereocenters. The largest absolute Gasteiger partial charge is 0.292 e. The van der Waals surface area contributed by atoms with E-state index in [4.69, 9.17) is 11.6 Å². The highest BCUT2D eigenvalue weighted by Gasteiger charge is 2.23. The number of nitrogens with zero attached hydrogens (tertiary/aromatic N) is 1. The molecule has 0 saturated carbocycles. The second kappa shape index (κ2) is 5.85. The zero-order valence-corrected chi connectivity index (χ0v) is 11.5. The Morgan fingerprint density at radius 1 is 1.25 bits per heavy atom. The Kier molecular flexibility index (Phi) is 4.16. The fourth-order valence-electron chi connectivity index (χ4n) is 2.00. The Morgan fingerprint density at radius 3 is 2.45 bits per heavy atom. The molecule has 2 rings (SSSR count). The highest BCUT2D eigenvalue weighted by molar-refractivity contribution is 6.30. The van der Waals surface area contributed by atoms with Gasteiger partial charge in [-0.05, 0) is 48.4 Å². The number of benzene rings is 2. The minimum absolute atomic E-state index is 0.340. The second-order valence-electron chi connectivity index (χ2n) is 4.44. The molecule has 0 N–H and O–H groups in total. The van der Waals surface area contributed by atoms with Crippen LogP contribution in [0, 0.1) is 24.1 Å².